The van der Waals surface area contributed by atoms with Gasteiger partial charge in [0.25, 0.3) is 0 Å². The van der Waals surface area contributed by atoms with Crippen molar-refractivity contribution in [2.45, 2.75) is 39.3 Å². The van der Waals surface area contributed by atoms with E-state index in [2.05, 4.69) is 38.7 Å². The summed E-state index contributed by atoms with van der Waals surface area (Å²) in [6.45, 7) is 5.26. The van der Waals surface area contributed by atoms with Crippen LogP contribution in [0.15, 0.2) is 6.33 Å². The van der Waals surface area contributed by atoms with Crippen molar-refractivity contribution in [2.75, 3.05) is 5.32 Å². The Balaban J connectivity index is 2.07. The molecule has 6 heteroatoms. The van der Waals surface area contributed by atoms with Crippen LogP contribution < -0.4 is 5.32 Å². The molecule has 0 spiro atoms. The van der Waals surface area contributed by atoms with Crippen LogP contribution in [-0.2, 0) is 6.54 Å². The zero-order valence-electron chi connectivity index (χ0n) is 10.5. The minimum atomic E-state index is 0.250. The second-order valence-corrected chi connectivity index (χ2v) is 5.56. The highest BCUT2D eigenvalue weighted by atomic mass is 35.5. The van der Waals surface area contributed by atoms with Crippen LogP contribution in [0.2, 0.25) is 5.28 Å². The first kappa shape index (κ1) is 11.7. The van der Waals surface area contributed by atoms with Crippen molar-refractivity contribution in [3.05, 3.63) is 11.6 Å². The van der Waals surface area contributed by atoms with Crippen molar-refractivity contribution in [3.63, 3.8) is 0 Å². The summed E-state index contributed by atoms with van der Waals surface area (Å²) in [4.78, 5) is 12.8. The Morgan fingerprint density at radius 1 is 1.44 bits per heavy atom. The topological polar surface area (TPSA) is 55.6 Å². The van der Waals surface area contributed by atoms with Gasteiger partial charge in [0.1, 0.15) is 5.52 Å². The van der Waals surface area contributed by atoms with E-state index < -0.39 is 0 Å². The molecule has 1 aliphatic rings. The SMILES string of the molecule is CC(C)Cn1cnc2nc(Cl)nc(NC3CC3)c21. The van der Waals surface area contributed by atoms with Crippen molar-refractivity contribution < 1.29 is 0 Å². The number of imidazole rings is 1. The third kappa shape index (κ3) is 2.27. The fraction of sp³-hybridized carbons (Fsp3) is 0.583. The van der Waals surface area contributed by atoms with Gasteiger partial charge in [-0.05, 0) is 30.4 Å². The largest absolute Gasteiger partial charge is 0.365 e. The Labute approximate surface area is 111 Å². The third-order valence-electron chi connectivity index (χ3n) is 2.92. The van der Waals surface area contributed by atoms with E-state index in [0.717, 1.165) is 17.9 Å². The molecule has 1 aliphatic carbocycles. The molecule has 0 amide bonds. The van der Waals surface area contributed by atoms with E-state index in [1.165, 1.54) is 12.8 Å². The standard InChI is InChI=1S/C12H16ClN5/c1-7(2)5-18-6-14-10-9(18)11(15-8-3-4-8)17-12(13)16-10/h6-8H,3-5H2,1-2H3,(H,15,16,17). The Morgan fingerprint density at radius 2 is 2.22 bits per heavy atom. The van der Waals surface area contributed by atoms with Crippen LogP contribution in [0.5, 0.6) is 0 Å². The summed E-state index contributed by atoms with van der Waals surface area (Å²) in [5, 5.41) is 3.65. The normalized spacial score (nSPS) is 15.6. The highest BCUT2D eigenvalue weighted by Crippen LogP contribution is 2.28. The molecule has 96 valence electrons. The van der Waals surface area contributed by atoms with Gasteiger partial charge in [0.2, 0.25) is 5.28 Å². The zero-order chi connectivity index (χ0) is 12.7. The summed E-state index contributed by atoms with van der Waals surface area (Å²) < 4.78 is 2.10. The molecule has 0 saturated heterocycles. The number of fused-ring (bicyclic) bond motifs is 1. The molecule has 1 saturated carbocycles. The number of anilines is 1. The van der Waals surface area contributed by atoms with Crippen molar-refractivity contribution in [1.82, 2.24) is 19.5 Å². The van der Waals surface area contributed by atoms with Gasteiger partial charge in [0.05, 0.1) is 6.33 Å². The summed E-state index contributed by atoms with van der Waals surface area (Å²) >= 11 is 5.93. The molecule has 2 aromatic rings. The Kier molecular flexibility index (Phi) is 2.86. The number of rotatable bonds is 4. The molecule has 0 unspecified atom stereocenters. The molecule has 3 rings (SSSR count). The van der Waals surface area contributed by atoms with Crippen LogP contribution in [0.1, 0.15) is 26.7 Å². The first-order valence-electron chi connectivity index (χ1n) is 6.28. The molecule has 18 heavy (non-hydrogen) atoms. The van der Waals surface area contributed by atoms with Gasteiger partial charge in [-0.3, -0.25) is 0 Å². The van der Waals surface area contributed by atoms with E-state index in [9.17, 15) is 0 Å². The molecular weight excluding hydrogens is 250 g/mol. The van der Waals surface area contributed by atoms with Crippen molar-refractivity contribution >= 4 is 28.6 Å². The van der Waals surface area contributed by atoms with Gasteiger partial charge in [0.15, 0.2) is 11.5 Å². The molecule has 0 aliphatic heterocycles. The smallest absolute Gasteiger partial charge is 0.226 e. The highest BCUT2D eigenvalue weighted by Gasteiger charge is 2.24. The highest BCUT2D eigenvalue weighted by molar-refractivity contribution is 6.28. The van der Waals surface area contributed by atoms with Crippen molar-refractivity contribution in [2.24, 2.45) is 5.92 Å². The molecule has 5 nitrogen and oxygen atoms in total. The molecule has 1 N–H and O–H groups in total. The number of hydrogen-bond donors (Lipinski definition) is 1. The van der Waals surface area contributed by atoms with Gasteiger partial charge >= 0.3 is 0 Å². The van der Waals surface area contributed by atoms with Crippen LogP contribution in [0.3, 0.4) is 0 Å². The Hall–Kier alpha value is -1.36. The van der Waals surface area contributed by atoms with Gasteiger partial charge in [0, 0.05) is 12.6 Å². The van der Waals surface area contributed by atoms with Gasteiger partial charge in [-0.2, -0.15) is 9.97 Å². The number of hydrogen-bond acceptors (Lipinski definition) is 4. The number of halogens is 1. The summed E-state index contributed by atoms with van der Waals surface area (Å²) in [6, 6.07) is 0.529. The summed E-state index contributed by atoms with van der Waals surface area (Å²) in [5.74, 6) is 1.36. The fourth-order valence-electron chi connectivity index (χ4n) is 2.01. The first-order valence-corrected chi connectivity index (χ1v) is 6.66. The predicted octanol–water partition coefficient (Wildman–Crippen LogP) is 2.71. The molecule has 0 aromatic carbocycles. The number of aromatic nitrogens is 4. The zero-order valence-corrected chi connectivity index (χ0v) is 11.3. The van der Waals surface area contributed by atoms with Crippen molar-refractivity contribution in [3.8, 4) is 0 Å². The average Bonchev–Trinajstić information content (AvgIpc) is 3.00. The van der Waals surface area contributed by atoms with Gasteiger partial charge in [-0.1, -0.05) is 13.8 Å². The van der Waals surface area contributed by atoms with Crippen LogP contribution in [-0.4, -0.2) is 25.6 Å². The van der Waals surface area contributed by atoms with E-state index in [1.807, 2.05) is 6.33 Å². The quantitative estimate of drug-likeness (QED) is 0.864. The predicted molar refractivity (Wildman–Crippen MR) is 71.8 cm³/mol. The lowest BCUT2D eigenvalue weighted by atomic mass is 10.2. The summed E-state index contributed by atoms with van der Waals surface area (Å²) in [7, 11) is 0. The maximum absolute atomic E-state index is 5.93. The Bertz CT molecular complexity index is 573. The Morgan fingerprint density at radius 3 is 2.89 bits per heavy atom. The van der Waals surface area contributed by atoms with E-state index in [4.69, 9.17) is 11.6 Å². The monoisotopic (exact) mass is 265 g/mol. The lowest BCUT2D eigenvalue weighted by Crippen LogP contribution is -2.09. The molecule has 0 bridgehead atoms. The van der Waals surface area contributed by atoms with E-state index >= 15 is 0 Å². The van der Waals surface area contributed by atoms with E-state index in [-0.39, 0.29) is 5.28 Å². The maximum atomic E-state index is 5.93. The van der Waals surface area contributed by atoms with E-state index in [1.54, 1.807) is 0 Å². The van der Waals surface area contributed by atoms with Crippen LogP contribution in [0, 0.1) is 5.92 Å². The lowest BCUT2D eigenvalue weighted by molar-refractivity contribution is 0.532. The fourth-order valence-corrected chi connectivity index (χ4v) is 2.17. The number of nitrogens with one attached hydrogen (secondary N) is 1. The van der Waals surface area contributed by atoms with Crippen LogP contribution in [0.4, 0.5) is 5.82 Å². The third-order valence-corrected chi connectivity index (χ3v) is 3.09. The molecule has 1 fully saturated rings. The minimum Gasteiger partial charge on any atom is -0.365 e. The average molecular weight is 266 g/mol. The van der Waals surface area contributed by atoms with Gasteiger partial charge in [-0.15, -0.1) is 0 Å². The van der Waals surface area contributed by atoms with Crippen LogP contribution >= 0.6 is 11.6 Å². The molecular formula is C12H16ClN5. The van der Waals surface area contributed by atoms with Gasteiger partial charge in [-0.25, -0.2) is 4.98 Å². The lowest BCUT2D eigenvalue weighted by Gasteiger charge is -2.10. The molecule has 2 heterocycles. The van der Waals surface area contributed by atoms with Crippen molar-refractivity contribution in [1.29, 1.82) is 0 Å². The first-order chi connectivity index (χ1) is 8.63. The van der Waals surface area contributed by atoms with Crippen LogP contribution in [0.25, 0.3) is 11.2 Å². The van der Waals surface area contributed by atoms with E-state index in [0.29, 0.717) is 17.6 Å². The van der Waals surface area contributed by atoms with Gasteiger partial charge < -0.3 is 9.88 Å². The second kappa shape index (κ2) is 4.39. The molecule has 0 atom stereocenters. The second-order valence-electron chi connectivity index (χ2n) is 5.22. The molecule has 0 radical (unpaired) electrons. The maximum Gasteiger partial charge on any atom is 0.226 e. The summed E-state index contributed by atoms with van der Waals surface area (Å²) in [6.07, 6.45) is 4.20. The minimum absolute atomic E-state index is 0.250. The summed E-state index contributed by atoms with van der Waals surface area (Å²) in [5.41, 5.74) is 1.62. The molecule has 2 aromatic heterocycles. The number of nitrogens with zero attached hydrogens (tertiary/aromatic N) is 4.